The summed E-state index contributed by atoms with van der Waals surface area (Å²) < 4.78 is 10.6. The van der Waals surface area contributed by atoms with Crippen molar-refractivity contribution < 1.29 is 14.3 Å². The van der Waals surface area contributed by atoms with E-state index in [0.717, 1.165) is 11.3 Å². The molecule has 0 radical (unpaired) electrons. The average Bonchev–Trinajstić information content (AvgIpc) is 3.08. The van der Waals surface area contributed by atoms with Crippen LogP contribution in [0.2, 0.25) is 0 Å². The normalized spacial score (nSPS) is 13.1. The van der Waals surface area contributed by atoms with Gasteiger partial charge in [0, 0.05) is 18.8 Å². The highest BCUT2D eigenvalue weighted by molar-refractivity contribution is 6.08. The van der Waals surface area contributed by atoms with Crippen LogP contribution < -0.4 is 20.1 Å². The van der Waals surface area contributed by atoms with Crippen molar-refractivity contribution in [1.29, 1.82) is 0 Å². The summed E-state index contributed by atoms with van der Waals surface area (Å²) >= 11 is 0. The van der Waals surface area contributed by atoms with Crippen LogP contribution in [0.15, 0.2) is 59.6 Å². The van der Waals surface area contributed by atoms with Crippen molar-refractivity contribution in [1.82, 2.24) is 5.32 Å². The molecular formula is C18H17N3O3. The summed E-state index contributed by atoms with van der Waals surface area (Å²) in [5.74, 6) is 1.49. The van der Waals surface area contributed by atoms with Gasteiger partial charge in [-0.15, -0.1) is 0 Å². The van der Waals surface area contributed by atoms with Crippen LogP contribution >= 0.6 is 0 Å². The molecule has 1 aliphatic rings. The van der Waals surface area contributed by atoms with Crippen LogP contribution in [-0.4, -0.2) is 25.7 Å². The summed E-state index contributed by atoms with van der Waals surface area (Å²) in [5, 5.41) is 5.73. The van der Waals surface area contributed by atoms with E-state index in [9.17, 15) is 4.79 Å². The number of carbonyl (C=O) groups excluding carboxylic acids is 1. The third kappa shape index (κ3) is 3.92. The molecule has 0 saturated carbocycles. The maximum absolute atomic E-state index is 12.0. The van der Waals surface area contributed by atoms with Crippen LogP contribution in [-0.2, 0) is 4.79 Å². The van der Waals surface area contributed by atoms with E-state index < -0.39 is 0 Å². The predicted molar refractivity (Wildman–Crippen MR) is 93.2 cm³/mol. The summed E-state index contributed by atoms with van der Waals surface area (Å²) in [6, 6.07) is 15.0. The molecule has 0 fully saturated rings. The molecule has 2 N–H and O–H groups in total. The van der Waals surface area contributed by atoms with Gasteiger partial charge < -0.3 is 14.8 Å². The molecule has 24 heavy (non-hydrogen) atoms. The van der Waals surface area contributed by atoms with Gasteiger partial charge in [0.1, 0.15) is 0 Å². The molecule has 122 valence electrons. The average molecular weight is 323 g/mol. The quantitative estimate of drug-likeness (QED) is 0.517. The van der Waals surface area contributed by atoms with E-state index in [1.165, 1.54) is 6.08 Å². The Balaban J connectivity index is 1.60. The fourth-order valence-corrected chi connectivity index (χ4v) is 2.15. The molecular weight excluding hydrogens is 306 g/mol. The zero-order valence-electron chi connectivity index (χ0n) is 13.2. The number of guanidine groups is 1. The van der Waals surface area contributed by atoms with Gasteiger partial charge in [0.25, 0.3) is 5.91 Å². The van der Waals surface area contributed by atoms with Gasteiger partial charge in [-0.3, -0.25) is 15.1 Å². The number of benzene rings is 2. The van der Waals surface area contributed by atoms with E-state index >= 15 is 0 Å². The largest absolute Gasteiger partial charge is 0.454 e. The summed E-state index contributed by atoms with van der Waals surface area (Å²) in [5.41, 5.74) is 1.69. The number of aliphatic imine (C=N–C) groups is 1. The first kappa shape index (κ1) is 15.6. The number of hydrogen-bond acceptors (Lipinski definition) is 4. The number of amides is 1. The lowest BCUT2D eigenvalue weighted by molar-refractivity contribution is -0.115. The molecule has 0 unspecified atom stereocenters. The Morgan fingerprint density at radius 2 is 1.92 bits per heavy atom. The first-order valence-corrected chi connectivity index (χ1v) is 7.42. The van der Waals surface area contributed by atoms with E-state index in [0.29, 0.717) is 17.5 Å². The molecule has 0 atom stereocenters. The SMILES string of the molecule is C/N=C(\NC(=O)/C=C/c1ccc2c(c1)OCO2)Nc1ccccc1. The summed E-state index contributed by atoms with van der Waals surface area (Å²) in [6.07, 6.45) is 3.14. The lowest BCUT2D eigenvalue weighted by atomic mass is 10.2. The second kappa shape index (κ2) is 7.32. The second-order valence-electron chi connectivity index (χ2n) is 5.00. The maximum atomic E-state index is 12.0. The predicted octanol–water partition coefficient (Wildman–Crippen LogP) is 2.64. The van der Waals surface area contributed by atoms with Crippen molar-refractivity contribution in [3.8, 4) is 11.5 Å². The molecule has 3 rings (SSSR count). The molecule has 0 aliphatic carbocycles. The Bertz CT molecular complexity index is 785. The number of carbonyl (C=O) groups is 1. The van der Waals surface area contributed by atoms with Crippen molar-refractivity contribution >= 4 is 23.6 Å². The number of nitrogens with zero attached hydrogens (tertiary/aromatic N) is 1. The van der Waals surface area contributed by atoms with Gasteiger partial charge in [-0.05, 0) is 35.9 Å². The number of anilines is 1. The Hall–Kier alpha value is -3.28. The van der Waals surface area contributed by atoms with Gasteiger partial charge in [-0.2, -0.15) is 0 Å². The van der Waals surface area contributed by atoms with E-state index in [1.807, 2.05) is 48.5 Å². The zero-order valence-corrected chi connectivity index (χ0v) is 13.2. The van der Waals surface area contributed by atoms with Crippen LogP contribution in [0.3, 0.4) is 0 Å². The second-order valence-corrected chi connectivity index (χ2v) is 5.00. The van der Waals surface area contributed by atoms with Gasteiger partial charge in [-0.25, -0.2) is 0 Å². The number of rotatable bonds is 3. The Morgan fingerprint density at radius 3 is 2.71 bits per heavy atom. The molecule has 0 spiro atoms. The smallest absolute Gasteiger partial charge is 0.250 e. The number of fused-ring (bicyclic) bond motifs is 1. The standard InChI is InChI=1S/C18H17N3O3/c1-19-18(20-14-5-3-2-4-6-14)21-17(22)10-8-13-7-9-15-16(11-13)24-12-23-15/h2-11H,12H2,1H3,(H2,19,20,21,22)/b10-8+. The highest BCUT2D eigenvalue weighted by atomic mass is 16.7. The zero-order chi connectivity index (χ0) is 16.8. The van der Waals surface area contributed by atoms with Crippen molar-refractivity contribution in [3.05, 3.63) is 60.2 Å². The highest BCUT2D eigenvalue weighted by Gasteiger charge is 2.12. The van der Waals surface area contributed by atoms with Crippen LogP contribution in [0.5, 0.6) is 11.5 Å². The third-order valence-corrected chi connectivity index (χ3v) is 3.33. The molecule has 6 heteroatoms. The first-order valence-electron chi connectivity index (χ1n) is 7.42. The van der Waals surface area contributed by atoms with Crippen molar-refractivity contribution in [2.24, 2.45) is 4.99 Å². The minimum absolute atomic E-state index is 0.227. The van der Waals surface area contributed by atoms with E-state index in [2.05, 4.69) is 15.6 Å². The topological polar surface area (TPSA) is 72.0 Å². The minimum Gasteiger partial charge on any atom is -0.454 e. The molecule has 6 nitrogen and oxygen atoms in total. The van der Waals surface area contributed by atoms with Gasteiger partial charge in [0.15, 0.2) is 11.5 Å². The van der Waals surface area contributed by atoms with Crippen molar-refractivity contribution in [2.45, 2.75) is 0 Å². The first-order chi connectivity index (χ1) is 11.7. The third-order valence-electron chi connectivity index (χ3n) is 3.33. The van der Waals surface area contributed by atoms with Gasteiger partial charge in [-0.1, -0.05) is 24.3 Å². The van der Waals surface area contributed by atoms with Crippen molar-refractivity contribution in [2.75, 3.05) is 19.2 Å². The Morgan fingerprint density at radius 1 is 1.12 bits per heavy atom. The fraction of sp³-hybridized carbons (Fsp3) is 0.111. The summed E-state index contributed by atoms with van der Waals surface area (Å²) in [7, 11) is 1.60. The summed E-state index contributed by atoms with van der Waals surface area (Å²) in [6.45, 7) is 0.227. The van der Waals surface area contributed by atoms with Gasteiger partial charge in [0.2, 0.25) is 12.8 Å². The van der Waals surface area contributed by atoms with Crippen molar-refractivity contribution in [3.63, 3.8) is 0 Å². The van der Waals surface area contributed by atoms with Crippen LogP contribution in [0, 0.1) is 0 Å². The van der Waals surface area contributed by atoms with E-state index in [4.69, 9.17) is 9.47 Å². The fourth-order valence-electron chi connectivity index (χ4n) is 2.15. The van der Waals surface area contributed by atoms with Crippen LogP contribution in [0.25, 0.3) is 6.08 Å². The van der Waals surface area contributed by atoms with Crippen LogP contribution in [0.1, 0.15) is 5.56 Å². The molecule has 1 aliphatic heterocycles. The van der Waals surface area contributed by atoms with Gasteiger partial charge in [0.05, 0.1) is 0 Å². The van der Waals surface area contributed by atoms with Gasteiger partial charge >= 0.3 is 0 Å². The number of para-hydroxylation sites is 1. The molecule has 0 aromatic heterocycles. The lowest BCUT2D eigenvalue weighted by Gasteiger charge is -2.09. The minimum atomic E-state index is -0.281. The molecule has 1 amide bonds. The van der Waals surface area contributed by atoms with E-state index in [-0.39, 0.29) is 12.7 Å². The molecule has 1 heterocycles. The molecule has 0 saturated heterocycles. The Labute approximate surface area is 139 Å². The molecule has 0 bridgehead atoms. The number of ether oxygens (including phenoxy) is 2. The molecule has 2 aromatic rings. The van der Waals surface area contributed by atoms with E-state index in [1.54, 1.807) is 13.1 Å². The number of hydrogen-bond donors (Lipinski definition) is 2. The number of nitrogens with one attached hydrogen (secondary N) is 2. The highest BCUT2D eigenvalue weighted by Crippen LogP contribution is 2.32. The lowest BCUT2D eigenvalue weighted by Crippen LogP contribution is -2.34. The maximum Gasteiger partial charge on any atom is 0.250 e. The van der Waals surface area contributed by atoms with Crippen LogP contribution in [0.4, 0.5) is 5.69 Å². The molecule has 2 aromatic carbocycles. The monoisotopic (exact) mass is 323 g/mol. The summed E-state index contributed by atoms with van der Waals surface area (Å²) in [4.78, 5) is 16.1. The Kier molecular flexibility index (Phi) is 4.76.